The van der Waals surface area contributed by atoms with Gasteiger partial charge in [0.15, 0.2) is 0 Å². The molecule has 1 atom stereocenters. The molecule has 1 rings (SSSR count). The molecule has 16 heteroatoms. The first-order valence-electron chi connectivity index (χ1n) is 9.31. The summed E-state index contributed by atoms with van der Waals surface area (Å²) in [5.74, 6) is -22.1. The number of hydrogen-bond donors (Lipinski definition) is 0. The van der Waals surface area contributed by atoms with E-state index < -0.39 is 66.3 Å². The van der Waals surface area contributed by atoms with E-state index in [1.165, 1.54) is 0 Å². The third kappa shape index (κ3) is 4.36. The van der Waals surface area contributed by atoms with Crippen molar-refractivity contribution >= 4 is 0 Å². The summed E-state index contributed by atoms with van der Waals surface area (Å²) in [7, 11) is 0. The van der Waals surface area contributed by atoms with Gasteiger partial charge in [-0.15, -0.1) is 17.6 Å². The molecule has 0 radical (unpaired) electrons. The Bertz CT molecular complexity index is 597. The fourth-order valence-corrected chi connectivity index (χ4v) is 3.21. The van der Waals surface area contributed by atoms with Gasteiger partial charge in [0.2, 0.25) is 0 Å². The highest BCUT2D eigenvalue weighted by molar-refractivity contribution is 5.08. The average molecular weight is 510 g/mol. The van der Waals surface area contributed by atoms with Gasteiger partial charge < -0.3 is 0 Å². The van der Waals surface area contributed by atoms with Gasteiger partial charge in [0, 0.05) is 22.0 Å². The van der Waals surface area contributed by atoms with Crippen LogP contribution in [-0.2, 0) is 0 Å². The van der Waals surface area contributed by atoms with Crippen LogP contribution < -0.4 is 0 Å². The first kappa shape index (κ1) is 28.9. The highest BCUT2D eigenvalue weighted by Crippen LogP contribution is 2.69. The van der Waals surface area contributed by atoms with Crippen molar-refractivity contribution in [2.24, 2.45) is 0 Å². The molecule has 1 aliphatic rings. The summed E-state index contributed by atoms with van der Waals surface area (Å²) in [5, 5.41) is 0. The molecule has 32 heavy (non-hydrogen) atoms. The zero-order valence-electron chi connectivity index (χ0n) is 16.1. The number of rotatable bonds is 10. The van der Waals surface area contributed by atoms with E-state index in [2.05, 4.69) is 0 Å². The second-order valence-electron chi connectivity index (χ2n) is 7.51. The summed E-state index contributed by atoms with van der Waals surface area (Å²) in [6.07, 6.45) is -12.1. The second kappa shape index (κ2) is 8.93. The van der Waals surface area contributed by atoms with Gasteiger partial charge in [-0.3, -0.25) is 0 Å². The molecule has 1 nitrogen and oxygen atoms in total. The standard InChI is InChI=1S/C16H19F15N/c17-10(8-6-4-2-1-3-5-7-9-11(18,19)20)32(31)15(27,28)13(23,24)12(21,22)14(25,26)16(32,29)30/h10H,1-9H2/q+1. The number of piperidine rings is 1. The van der Waals surface area contributed by atoms with Crippen LogP contribution in [0, 0.1) is 0 Å². The van der Waals surface area contributed by atoms with Crippen LogP contribution in [0.1, 0.15) is 57.8 Å². The maximum absolute atomic E-state index is 14.3. The van der Waals surface area contributed by atoms with Crippen LogP contribution in [-0.4, -0.2) is 47.0 Å². The maximum Gasteiger partial charge on any atom is 0.505 e. The molecule has 1 heterocycles. The number of halogens is 15. The molecule has 0 N–H and O–H groups in total. The monoisotopic (exact) mass is 510 g/mol. The SMILES string of the molecule is FC(CCCCCCCCCC(F)(F)F)[N+]1(F)C(F)(F)C(F)(F)C(F)(F)C(F)(F)C1(F)F. The summed E-state index contributed by atoms with van der Waals surface area (Å²) < 4.78 is 193. The molecule has 0 amide bonds. The van der Waals surface area contributed by atoms with E-state index in [-0.39, 0.29) is 38.5 Å². The Labute approximate surface area is 172 Å². The predicted octanol–water partition coefficient (Wildman–Crippen LogP) is 8.16. The lowest BCUT2D eigenvalue weighted by molar-refractivity contribution is -1.22. The first-order chi connectivity index (χ1) is 14.1. The van der Waals surface area contributed by atoms with Gasteiger partial charge in [-0.2, -0.15) is 43.9 Å². The Morgan fingerprint density at radius 2 is 0.906 bits per heavy atom. The summed E-state index contributed by atoms with van der Waals surface area (Å²) in [6, 6.07) is -14.5. The molecule has 0 saturated carbocycles. The van der Waals surface area contributed by atoms with E-state index in [0.29, 0.717) is 0 Å². The van der Waals surface area contributed by atoms with Crippen molar-refractivity contribution in [3.05, 3.63) is 0 Å². The predicted molar refractivity (Wildman–Crippen MR) is 78.6 cm³/mol. The van der Waals surface area contributed by atoms with Crippen molar-refractivity contribution < 1.29 is 70.7 Å². The zero-order valence-corrected chi connectivity index (χ0v) is 16.1. The van der Waals surface area contributed by atoms with Crippen LogP contribution in [0.4, 0.5) is 65.9 Å². The molecule has 1 unspecified atom stereocenters. The summed E-state index contributed by atoms with van der Waals surface area (Å²) in [4.78, 5) is 0. The zero-order chi connectivity index (χ0) is 25.4. The minimum atomic E-state index is -7.40. The average Bonchev–Trinajstić information content (AvgIpc) is 2.63. The van der Waals surface area contributed by atoms with Crippen molar-refractivity contribution in [2.75, 3.05) is 0 Å². The smallest absolute Gasteiger partial charge is 0.192 e. The molecule has 0 aromatic carbocycles. The van der Waals surface area contributed by atoms with E-state index in [0.717, 1.165) is 0 Å². The van der Waals surface area contributed by atoms with Crippen molar-refractivity contribution in [1.82, 2.24) is 0 Å². The summed E-state index contributed by atoms with van der Waals surface area (Å²) in [6.45, 7) is 0. The first-order valence-corrected chi connectivity index (χ1v) is 9.31. The third-order valence-electron chi connectivity index (χ3n) is 5.15. The number of alkyl halides is 14. The highest BCUT2D eigenvalue weighted by Gasteiger charge is 3.05. The normalized spacial score (nSPS) is 26.0. The lowest BCUT2D eigenvalue weighted by Gasteiger charge is -2.50. The second-order valence-corrected chi connectivity index (χ2v) is 7.51. The van der Waals surface area contributed by atoms with Crippen molar-refractivity contribution in [2.45, 2.75) is 100 Å². The fraction of sp³-hybridized carbons (Fsp3) is 1.00. The van der Waals surface area contributed by atoms with E-state index >= 15 is 0 Å². The summed E-state index contributed by atoms with van der Waals surface area (Å²) in [5.41, 5.74) is 0. The molecule has 1 aliphatic heterocycles. The molecule has 0 aromatic rings. The Hall–Kier alpha value is -1.09. The Balaban J connectivity index is 2.77. The highest BCUT2D eigenvalue weighted by atomic mass is 19.4. The van der Waals surface area contributed by atoms with Crippen LogP contribution in [0.5, 0.6) is 0 Å². The van der Waals surface area contributed by atoms with Crippen LogP contribution in [0.2, 0.25) is 0 Å². The molecule has 192 valence electrons. The minimum Gasteiger partial charge on any atom is -0.192 e. The van der Waals surface area contributed by atoms with E-state index in [1.54, 1.807) is 0 Å². The lowest BCUT2D eigenvalue weighted by atomic mass is 9.92. The van der Waals surface area contributed by atoms with Crippen molar-refractivity contribution in [3.8, 4) is 0 Å². The molecule has 0 bridgehead atoms. The number of hydrogen-bond acceptors (Lipinski definition) is 0. The molecule has 0 aromatic heterocycles. The van der Waals surface area contributed by atoms with Crippen molar-refractivity contribution in [3.63, 3.8) is 0 Å². The third-order valence-corrected chi connectivity index (χ3v) is 5.15. The number of unbranched alkanes of at least 4 members (excludes halogenated alkanes) is 6. The molecule has 1 fully saturated rings. The molecular weight excluding hydrogens is 491 g/mol. The van der Waals surface area contributed by atoms with Crippen LogP contribution >= 0.6 is 0 Å². The van der Waals surface area contributed by atoms with Gasteiger partial charge in [-0.05, 0) is 12.8 Å². The fourth-order valence-electron chi connectivity index (χ4n) is 3.21. The van der Waals surface area contributed by atoms with Gasteiger partial charge in [0.05, 0.1) is 0 Å². The van der Waals surface area contributed by atoms with E-state index in [4.69, 9.17) is 0 Å². The Kier molecular flexibility index (Phi) is 8.08. The maximum atomic E-state index is 14.3. The van der Waals surface area contributed by atoms with E-state index in [9.17, 15) is 65.9 Å². The van der Waals surface area contributed by atoms with E-state index in [1.807, 2.05) is 0 Å². The molecule has 0 spiro atoms. The molecule has 1 saturated heterocycles. The molecule has 0 aliphatic carbocycles. The number of likely N-dealkylation sites (tertiary alicyclic amines) is 1. The van der Waals surface area contributed by atoms with Gasteiger partial charge in [0.25, 0.3) is 6.30 Å². The van der Waals surface area contributed by atoms with Crippen molar-refractivity contribution in [1.29, 1.82) is 0 Å². The lowest BCUT2D eigenvalue weighted by Crippen LogP contribution is -2.88. The topological polar surface area (TPSA) is 0 Å². The van der Waals surface area contributed by atoms with Gasteiger partial charge in [0.1, 0.15) is 0 Å². The number of quaternary nitrogens is 1. The number of nitrogens with zero attached hydrogens (tertiary/aromatic N) is 1. The van der Waals surface area contributed by atoms with Crippen LogP contribution in [0.25, 0.3) is 0 Å². The van der Waals surface area contributed by atoms with Gasteiger partial charge in [-0.25, -0.2) is 0 Å². The Morgan fingerprint density at radius 1 is 0.562 bits per heavy atom. The quantitative estimate of drug-likeness (QED) is 0.120. The minimum absolute atomic E-state index is 0.0577. The van der Waals surface area contributed by atoms with Gasteiger partial charge >= 0.3 is 36.0 Å². The summed E-state index contributed by atoms with van der Waals surface area (Å²) >= 11 is 0. The Morgan fingerprint density at radius 3 is 1.28 bits per heavy atom. The molecular formula is C16H19F15N+. The van der Waals surface area contributed by atoms with Crippen LogP contribution in [0.15, 0.2) is 0 Å². The largest absolute Gasteiger partial charge is 0.505 e. The van der Waals surface area contributed by atoms with Gasteiger partial charge in [-0.1, -0.05) is 32.1 Å². The van der Waals surface area contributed by atoms with Crippen LogP contribution in [0.3, 0.4) is 0 Å².